The molecule has 0 fully saturated rings. The Labute approximate surface area is 211 Å². The normalized spacial score (nSPS) is 16.9. The number of aryl methyl sites for hydroxylation is 1. The monoisotopic (exact) mass is 514 g/mol. The summed E-state index contributed by atoms with van der Waals surface area (Å²) in [6.07, 6.45) is 8.64. The van der Waals surface area contributed by atoms with Gasteiger partial charge in [-0.25, -0.2) is 4.21 Å². The highest BCUT2D eigenvalue weighted by atomic mass is 32.2. The number of hydrogen-bond acceptors (Lipinski definition) is 9. The minimum absolute atomic E-state index is 0.0920. The molecule has 36 heavy (non-hydrogen) atoms. The van der Waals surface area contributed by atoms with E-state index in [4.69, 9.17) is 18.9 Å². The van der Waals surface area contributed by atoms with E-state index in [0.29, 0.717) is 24.2 Å². The van der Waals surface area contributed by atoms with Gasteiger partial charge in [0, 0.05) is 50.7 Å². The molecule has 1 aliphatic heterocycles. The van der Waals surface area contributed by atoms with Gasteiger partial charge in [-0.05, 0) is 43.5 Å². The van der Waals surface area contributed by atoms with Crippen LogP contribution in [-0.2, 0) is 11.1 Å². The predicted molar refractivity (Wildman–Crippen MR) is 136 cm³/mol. The van der Waals surface area contributed by atoms with Gasteiger partial charge >= 0.3 is 11.8 Å². The average Bonchev–Trinajstić information content (AvgIpc) is 3.51. The minimum atomic E-state index is -1.61. The maximum atomic E-state index is 13.5. The van der Waals surface area contributed by atoms with Crippen LogP contribution >= 0.6 is 0 Å². The van der Waals surface area contributed by atoms with E-state index in [2.05, 4.69) is 32.3 Å². The number of rotatable bonds is 5. The number of nitrogens with one attached hydrogen (secondary N) is 1. The van der Waals surface area contributed by atoms with E-state index in [0.717, 1.165) is 17.0 Å². The van der Waals surface area contributed by atoms with Gasteiger partial charge in [-0.3, -0.25) is 14.9 Å². The van der Waals surface area contributed by atoms with Crippen LogP contribution in [0.5, 0.6) is 0 Å². The van der Waals surface area contributed by atoms with Crippen molar-refractivity contribution in [3.05, 3.63) is 64.8 Å². The molecule has 13 heteroatoms. The zero-order valence-electron chi connectivity index (χ0n) is 20.8. The Morgan fingerprint density at radius 2 is 2.08 bits per heavy atom. The van der Waals surface area contributed by atoms with Crippen molar-refractivity contribution in [2.24, 2.45) is 5.73 Å². The number of amides is 1. The van der Waals surface area contributed by atoms with Gasteiger partial charge in [0.05, 0.1) is 17.5 Å². The summed E-state index contributed by atoms with van der Waals surface area (Å²) in [7, 11) is 3.89. The summed E-state index contributed by atoms with van der Waals surface area (Å²) >= 11 is -1.61. The predicted octanol–water partition coefficient (Wildman–Crippen LogP) is 2.05. The van der Waals surface area contributed by atoms with Crippen molar-refractivity contribution >= 4 is 23.1 Å². The van der Waals surface area contributed by atoms with Crippen LogP contribution in [0.1, 0.15) is 35.3 Å². The molecule has 0 spiro atoms. The molecule has 12 nitrogen and oxygen atoms in total. The molecule has 1 unspecified atom stereocenters. The van der Waals surface area contributed by atoms with Crippen molar-refractivity contribution in [1.82, 2.24) is 35.2 Å². The number of H-pyrrole nitrogens is 1. The molecule has 2 atom stereocenters. The quantitative estimate of drug-likeness (QED) is 0.429. The number of nitrogens with zero attached hydrogens (tertiary/aromatic N) is 6. The second kappa shape index (κ2) is 11.7. The first-order valence-electron chi connectivity index (χ1n) is 11.0. The Morgan fingerprint density at radius 3 is 2.69 bits per heavy atom. The van der Waals surface area contributed by atoms with Gasteiger partial charge in [0.25, 0.3) is 5.89 Å². The SMILES string of the molecule is CC1=C(N(C)C)[C@@H](/C(N)=C/c2ncccc2C)N(C(=O)c2nnc(-c3cn[nH]c3)o2)CC1.CS(=O)O. The van der Waals surface area contributed by atoms with Crippen molar-refractivity contribution in [3.8, 4) is 11.5 Å². The van der Waals surface area contributed by atoms with Crippen molar-refractivity contribution in [3.63, 3.8) is 0 Å². The van der Waals surface area contributed by atoms with Gasteiger partial charge in [-0.2, -0.15) is 5.10 Å². The molecule has 0 aromatic carbocycles. The molecule has 1 amide bonds. The van der Waals surface area contributed by atoms with Gasteiger partial charge in [-0.1, -0.05) is 6.07 Å². The Kier molecular flexibility index (Phi) is 8.72. The van der Waals surface area contributed by atoms with Crippen LogP contribution in [0.15, 0.2) is 52.1 Å². The summed E-state index contributed by atoms with van der Waals surface area (Å²) < 4.78 is 22.3. The van der Waals surface area contributed by atoms with Gasteiger partial charge in [0.15, 0.2) is 0 Å². The Hall–Kier alpha value is -3.84. The summed E-state index contributed by atoms with van der Waals surface area (Å²) in [6, 6.07) is 3.36. The van der Waals surface area contributed by atoms with Crippen LogP contribution in [0.25, 0.3) is 17.5 Å². The van der Waals surface area contributed by atoms with Crippen LogP contribution in [0.2, 0.25) is 0 Å². The Balaban J connectivity index is 0.000000840. The van der Waals surface area contributed by atoms with Gasteiger partial charge in [0.1, 0.15) is 17.1 Å². The highest BCUT2D eigenvalue weighted by molar-refractivity contribution is 7.78. The molecular weight excluding hydrogens is 484 g/mol. The summed E-state index contributed by atoms with van der Waals surface area (Å²) in [5, 5.41) is 14.5. The van der Waals surface area contributed by atoms with Crippen LogP contribution in [-0.4, -0.2) is 82.8 Å². The molecule has 3 aromatic rings. The summed E-state index contributed by atoms with van der Waals surface area (Å²) in [5.74, 6) is -0.244. The molecule has 3 aromatic heterocycles. The highest BCUT2D eigenvalue weighted by Crippen LogP contribution is 2.31. The number of hydrogen-bond donors (Lipinski definition) is 3. The number of aromatic nitrogens is 5. The standard InChI is InChI=1S/C22H26N8O2.CH4O2S/c1-13-6-5-8-24-17(13)10-16(23)19-18(29(3)4)14(2)7-9-30(19)22(31)21-28-27-20(32-21)15-11-25-26-12-15;1-4(2)3/h5-6,8,10-12,19H,7,9,23H2,1-4H3,(H,25,26);1H3,(H,2,3)/b16-10-;/t19-;/m1./s1. The summed E-state index contributed by atoms with van der Waals surface area (Å²) in [6.45, 7) is 4.51. The Bertz CT molecular complexity index is 1280. The third-order valence-corrected chi connectivity index (χ3v) is 5.50. The first-order chi connectivity index (χ1) is 17.1. The Morgan fingerprint density at radius 1 is 1.36 bits per heavy atom. The van der Waals surface area contributed by atoms with E-state index in [1.807, 2.05) is 44.1 Å². The van der Waals surface area contributed by atoms with E-state index in [9.17, 15) is 4.79 Å². The van der Waals surface area contributed by atoms with Crippen molar-refractivity contribution < 1.29 is 18.0 Å². The first-order valence-corrected chi connectivity index (χ1v) is 12.5. The molecule has 0 saturated carbocycles. The topological polar surface area (TPSA) is 167 Å². The average molecular weight is 515 g/mol. The maximum absolute atomic E-state index is 13.5. The number of likely N-dealkylation sites (N-methyl/N-ethyl adjacent to an activating group) is 1. The minimum Gasteiger partial charge on any atom is -0.412 e. The summed E-state index contributed by atoms with van der Waals surface area (Å²) in [4.78, 5) is 21.6. The molecular formula is C23H30N8O4S. The van der Waals surface area contributed by atoms with Gasteiger partial charge in [-0.15, -0.1) is 10.2 Å². The highest BCUT2D eigenvalue weighted by Gasteiger charge is 2.37. The van der Waals surface area contributed by atoms with E-state index < -0.39 is 17.1 Å². The molecule has 0 bridgehead atoms. The lowest BCUT2D eigenvalue weighted by molar-refractivity contribution is 0.0657. The third-order valence-electron chi connectivity index (χ3n) is 5.50. The molecule has 1 aliphatic rings. The summed E-state index contributed by atoms with van der Waals surface area (Å²) in [5.41, 5.74) is 11.6. The van der Waals surface area contributed by atoms with E-state index in [1.54, 1.807) is 23.5 Å². The fraction of sp³-hybridized carbons (Fsp3) is 0.348. The zero-order valence-corrected chi connectivity index (χ0v) is 21.6. The number of carbonyl (C=O) groups excluding carboxylic acids is 1. The van der Waals surface area contributed by atoms with Crippen molar-refractivity contribution in [2.75, 3.05) is 26.9 Å². The number of carbonyl (C=O) groups is 1. The number of aromatic amines is 1. The molecule has 4 rings (SSSR count). The van der Waals surface area contributed by atoms with E-state index in [1.165, 1.54) is 11.8 Å². The van der Waals surface area contributed by atoms with Crippen LogP contribution in [0, 0.1) is 6.92 Å². The van der Waals surface area contributed by atoms with E-state index in [-0.39, 0.29) is 17.7 Å². The fourth-order valence-electron chi connectivity index (χ4n) is 3.91. The van der Waals surface area contributed by atoms with E-state index >= 15 is 0 Å². The van der Waals surface area contributed by atoms with Crippen LogP contribution in [0.3, 0.4) is 0 Å². The van der Waals surface area contributed by atoms with Gasteiger partial charge < -0.3 is 24.5 Å². The first kappa shape index (κ1) is 26.8. The molecule has 192 valence electrons. The van der Waals surface area contributed by atoms with Gasteiger partial charge in [0.2, 0.25) is 0 Å². The van der Waals surface area contributed by atoms with Crippen molar-refractivity contribution in [2.45, 2.75) is 26.3 Å². The lowest BCUT2D eigenvalue weighted by Crippen LogP contribution is -2.50. The molecule has 0 saturated heterocycles. The number of pyridine rings is 1. The van der Waals surface area contributed by atoms with Crippen molar-refractivity contribution in [1.29, 1.82) is 0 Å². The maximum Gasteiger partial charge on any atom is 0.312 e. The number of nitrogens with two attached hydrogens (primary N) is 1. The van der Waals surface area contributed by atoms with Crippen LogP contribution < -0.4 is 5.73 Å². The second-order valence-electron chi connectivity index (χ2n) is 8.38. The fourth-order valence-corrected chi connectivity index (χ4v) is 3.91. The third kappa shape index (κ3) is 6.23. The molecule has 4 N–H and O–H groups in total. The second-order valence-corrected chi connectivity index (χ2v) is 9.23. The molecule has 4 heterocycles. The lowest BCUT2D eigenvalue weighted by atomic mass is 9.95. The van der Waals surface area contributed by atoms with Crippen LogP contribution in [0.4, 0.5) is 0 Å². The lowest BCUT2D eigenvalue weighted by Gasteiger charge is -2.40. The smallest absolute Gasteiger partial charge is 0.312 e. The molecule has 0 radical (unpaired) electrons. The largest absolute Gasteiger partial charge is 0.412 e. The zero-order chi connectivity index (χ0) is 26.4. The molecule has 0 aliphatic carbocycles.